The minimum Gasteiger partial charge on any atom is -0.457 e. The Balaban J connectivity index is 2.08. The zero-order valence-corrected chi connectivity index (χ0v) is 21.0. The van der Waals surface area contributed by atoms with Gasteiger partial charge in [-0.2, -0.15) is 35.1 Å². The van der Waals surface area contributed by atoms with Crippen LogP contribution in [0, 0.1) is 5.92 Å². The summed E-state index contributed by atoms with van der Waals surface area (Å²) in [5.41, 5.74) is 0.584. The highest BCUT2D eigenvalue weighted by Gasteiger charge is 2.65. The molecule has 1 saturated carbocycles. The van der Waals surface area contributed by atoms with Gasteiger partial charge in [-0.1, -0.05) is 51.3 Å². The van der Waals surface area contributed by atoms with Gasteiger partial charge in [-0.15, -0.1) is 0 Å². The second-order valence-electron chi connectivity index (χ2n) is 10.0. The van der Waals surface area contributed by atoms with E-state index in [2.05, 4.69) is 0 Å². The third kappa shape index (κ3) is 7.09. The van der Waals surface area contributed by atoms with E-state index in [0.29, 0.717) is 29.9 Å². The fraction of sp³-hybridized carbons (Fsp3) is 0.556. The molecule has 0 spiro atoms. The minimum atomic E-state index is -6.01. The first kappa shape index (κ1) is 30.0. The van der Waals surface area contributed by atoms with E-state index in [1.165, 1.54) is 12.1 Å². The molecule has 3 nitrogen and oxygen atoms in total. The molecule has 212 valence electrons. The van der Waals surface area contributed by atoms with Crippen molar-refractivity contribution >= 4 is 5.69 Å². The molecule has 2 unspecified atom stereocenters. The Morgan fingerprint density at radius 2 is 1.45 bits per heavy atom. The Morgan fingerprint density at radius 1 is 0.868 bits per heavy atom. The van der Waals surface area contributed by atoms with Crippen molar-refractivity contribution in [3.05, 3.63) is 54.1 Å². The highest BCUT2D eigenvalue weighted by molar-refractivity contribution is 5.53. The third-order valence-electron chi connectivity index (χ3n) is 6.84. The van der Waals surface area contributed by atoms with Crippen LogP contribution in [0.5, 0.6) is 11.5 Å². The summed E-state index contributed by atoms with van der Waals surface area (Å²) in [5, 5.41) is 9.80. The number of halogens is 8. The van der Waals surface area contributed by atoms with Crippen molar-refractivity contribution in [1.29, 1.82) is 0 Å². The first-order valence-electron chi connectivity index (χ1n) is 12.4. The van der Waals surface area contributed by atoms with E-state index in [1.54, 1.807) is 18.2 Å². The van der Waals surface area contributed by atoms with E-state index in [1.807, 2.05) is 19.9 Å². The number of anilines is 1. The first-order chi connectivity index (χ1) is 17.6. The largest absolute Gasteiger partial charge is 0.457 e. The van der Waals surface area contributed by atoms with Crippen molar-refractivity contribution < 1.29 is 45.0 Å². The van der Waals surface area contributed by atoms with Crippen molar-refractivity contribution in [2.45, 2.75) is 82.3 Å². The van der Waals surface area contributed by atoms with Crippen LogP contribution in [0.4, 0.5) is 40.8 Å². The lowest BCUT2D eigenvalue weighted by atomic mass is 9.80. The van der Waals surface area contributed by atoms with E-state index < -0.39 is 42.9 Å². The topological polar surface area (TPSA) is 32.7 Å². The molecule has 0 aromatic heterocycles. The number of nitrogens with zero attached hydrogens (tertiary/aromatic N) is 1. The zero-order valence-electron chi connectivity index (χ0n) is 21.0. The van der Waals surface area contributed by atoms with Crippen LogP contribution < -0.4 is 9.64 Å². The summed E-state index contributed by atoms with van der Waals surface area (Å²) in [4.78, 5) is 0.360. The Bertz CT molecular complexity index is 1050. The highest BCUT2D eigenvalue weighted by Crippen LogP contribution is 2.47. The maximum atomic E-state index is 15.1. The fourth-order valence-corrected chi connectivity index (χ4v) is 4.83. The molecule has 38 heavy (non-hydrogen) atoms. The van der Waals surface area contributed by atoms with E-state index >= 15 is 8.78 Å². The lowest BCUT2D eigenvalue weighted by Crippen LogP contribution is -2.61. The van der Waals surface area contributed by atoms with Gasteiger partial charge in [0.2, 0.25) is 0 Å². The molecule has 1 fully saturated rings. The molecule has 1 N–H and O–H groups in total. The first-order valence-corrected chi connectivity index (χ1v) is 12.4. The predicted octanol–water partition coefficient (Wildman–Crippen LogP) is 8.48. The Labute approximate surface area is 216 Å². The van der Waals surface area contributed by atoms with Gasteiger partial charge in [0.1, 0.15) is 17.5 Å². The molecular formula is C27H31F8NO2. The lowest BCUT2D eigenvalue weighted by molar-refractivity contribution is -0.295. The van der Waals surface area contributed by atoms with Crippen molar-refractivity contribution in [1.82, 2.24) is 0 Å². The van der Waals surface area contributed by atoms with Gasteiger partial charge in [0.15, 0.2) is 6.10 Å². The normalized spacial score (nSPS) is 17.4. The monoisotopic (exact) mass is 553 g/mol. The Hall–Kier alpha value is -2.56. The van der Waals surface area contributed by atoms with Gasteiger partial charge in [-0.25, -0.2) is 0 Å². The van der Waals surface area contributed by atoms with Crippen LogP contribution in [0.2, 0.25) is 0 Å². The van der Waals surface area contributed by atoms with E-state index in [-0.39, 0.29) is 30.2 Å². The average Bonchev–Trinajstić information content (AvgIpc) is 2.83. The predicted molar refractivity (Wildman–Crippen MR) is 128 cm³/mol. The molecule has 2 aromatic rings. The summed E-state index contributed by atoms with van der Waals surface area (Å²) < 4.78 is 117. The van der Waals surface area contributed by atoms with Gasteiger partial charge < -0.3 is 14.7 Å². The molecular weight excluding hydrogens is 522 g/mol. The standard InChI is InChI=1S/C27H31F8NO2/c1-17(2)19-10-6-12-21(14-19)38-22-13-7-11-20(15-22)36(16-23(37)26(30,31)32)24(18-8-4-3-5-9-18)25(28,29)27(33,34)35/h6-7,10-15,17-18,23-24,37H,3-5,8-9,16H2,1-2H3. The Kier molecular flexibility index (Phi) is 9.21. The average molecular weight is 554 g/mol. The molecule has 11 heteroatoms. The molecule has 0 radical (unpaired) electrons. The smallest absolute Gasteiger partial charge is 0.455 e. The number of ether oxygens (including phenoxy) is 1. The van der Waals surface area contributed by atoms with Crippen molar-refractivity contribution in [3.63, 3.8) is 0 Å². The molecule has 0 amide bonds. The number of hydrogen-bond donors (Lipinski definition) is 1. The number of aliphatic hydroxyl groups is 1. The van der Waals surface area contributed by atoms with E-state index in [9.17, 15) is 31.4 Å². The molecule has 2 aromatic carbocycles. The van der Waals surface area contributed by atoms with Crippen LogP contribution in [0.25, 0.3) is 0 Å². The van der Waals surface area contributed by atoms with Crippen molar-refractivity contribution in [3.8, 4) is 11.5 Å². The number of hydrogen-bond acceptors (Lipinski definition) is 3. The number of benzene rings is 2. The van der Waals surface area contributed by atoms with Gasteiger partial charge in [0.25, 0.3) is 0 Å². The molecule has 0 heterocycles. The molecule has 0 bridgehead atoms. The molecule has 2 atom stereocenters. The molecule has 3 rings (SSSR count). The second kappa shape index (κ2) is 11.7. The van der Waals surface area contributed by atoms with Crippen LogP contribution in [0.15, 0.2) is 48.5 Å². The quantitative estimate of drug-likeness (QED) is 0.316. The summed E-state index contributed by atoms with van der Waals surface area (Å²) in [6.45, 7) is 2.41. The molecule has 1 aliphatic carbocycles. The third-order valence-corrected chi connectivity index (χ3v) is 6.84. The SMILES string of the molecule is CC(C)c1cccc(Oc2cccc(N(CC(O)C(F)(F)F)C(C3CCCCC3)C(F)(F)C(F)(F)F)c2)c1. The maximum absolute atomic E-state index is 15.1. The Morgan fingerprint density at radius 3 is 2.00 bits per heavy atom. The molecule has 0 saturated heterocycles. The summed E-state index contributed by atoms with van der Waals surface area (Å²) >= 11 is 0. The van der Waals surface area contributed by atoms with E-state index in [0.717, 1.165) is 17.7 Å². The lowest BCUT2D eigenvalue weighted by Gasteiger charge is -2.45. The number of aliphatic hydroxyl groups excluding tert-OH is 1. The zero-order chi connectivity index (χ0) is 28.3. The van der Waals surface area contributed by atoms with Gasteiger partial charge in [0.05, 0.1) is 6.54 Å². The van der Waals surface area contributed by atoms with Crippen molar-refractivity contribution in [2.24, 2.45) is 5.92 Å². The minimum absolute atomic E-state index is 0.00681. The summed E-state index contributed by atoms with van der Waals surface area (Å²) in [7, 11) is 0. The molecule has 0 aliphatic heterocycles. The van der Waals surface area contributed by atoms with Gasteiger partial charge in [-0.05, 0) is 54.5 Å². The number of alkyl halides is 8. The van der Waals surface area contributed by atoms with Crippen LogP contribution in [-0.4, -0.2) is 42.1 Å². The molecule has 1 aliphatic rings. The van der Waals surface area contributed by atoms with Crippen LogP contribution in [0.3, 0.4) is 0 Å². The van der Waals surface area contributed by atoms with Crippen LogP contribution in [-0.2, 0) is 0 Å². The second-order valence-corrected chi connectivity index (χ2v) is 10.0. The van der Waals surface area contributed by atoms with Crippen LogP contribution in [0.1, 0.15) is 57.4 Å². The van der Waals surface area contributed by atoms with Gasteiger partial charge >= 0.3 is 18.3 Å². The summed E-state index contributed by atoms with van der Waals surface area (Å²) in [5.74, 6) is -6.03. The highest BCUT2D eigenvalue weighted by atomic mass is 19.4. The maximum Gasteiger partial charge on any atom is 0.455 e. The number of rotatable bonds is 9. The fourth-order valence-electron chi connectivity index (χ4n) is 4.83. The van der Waals surface area contributed by atoms with Crippen molar-refractivity contribution in [2.75, 3.05) is 11.4 Å². The van der Waals surface area contributed by atoms with Gasteiger partial charge in [-0.3, -0.25) is 0 Å². The van der Waals surface area contributed by atoms with Crippen LogP contribution >= 0.6 is 0 Å². The summed E-state index contributed by atoms with van der Waals surface area (Å²) in [6, 6.07) is 9.26. The van der Waals surface area contributed by atoms with E-state index in [4.69, 9.17) is 4.74 Å². The summed E-state index contributed by atoms with van der Waals surface area (Å²) in [6.07, 6.45) is -13.0. The van der Waals surface area contributed by atoms with Gasteiger partial charge in [0, 0.05) is 11.8 Å².